The minimum absolute atomic E-state index is 0.0950. The van der Waals surface area contributed by atoms with Crippen molar-refractivity contribution in [2.75, 3.05) is 0 Å². The number of carbonyl (C=O) groups excluding carboxylic acids is 1. The van der Waals surface area contributed by atoms with E-state index in [1.54, 1.807) is 6.92 Å². The summed E-state index contributed by atoms with van der Waals surface area (Å²) in [6.07, 6.45) is 1.33. The first-order chi connectivity index (χ1) is 7.97. The molecule has 0 aromatic carbocycles. The third-order valence-electron chi connectivity index (χ3n) is 2.00. The number of nitrogens with zero attached hydrogens (tertiary/aromatic N) is 4. The number of imidazole rings is 1. The number of hydrazone groups is 1. The number of amides is 1. The van der Waals surface area contributed by atoms with Crippen LogP contribution in [-0.4, -0.2) is 26.2 Å². The number of hydrogen-bond acceptors (Lipinski definition) is 5. The second kappa shape index (κ2) is 5.05. The van der Waals surface area contributed by atoms with Crippen molar-refractivity contribution in [1.29, 1.82) is 0 Å². The van der Waals surface area contributed by atoms with E-state index in [0.717, 1.165) is 6.20 Å². The molecular weight excluding hydrogens is 228 g/mol. The second-order valence-electron chi connectivity index (χ2n) is 3.14. The van der Waals surface area contributed by atoms with Gasteiger partial charge in [0.1, 0.15) is 6.20 Å². The molecule has 0 unspecified atom stereocenters. The lowest BCUT2D eigenvalue weighted by atomic mass is 10.5. The second-order valence-corrected chi connectivity index (χ2v) is 3.14. The van der Waals surface area contributed by atoms with Crippen LogP contribution in [0.15, 0.2) is 11.3 Å². The first kappa shape index (κ1) is 12.6. The topological polar surface area (TPSA) is 128 Å². The molecule has 17 heavy (non-hydrogen) atoms. The minimum Gasteiger partial charge on any atom is -0.377 e. The van der Waals surface area contributed by atoms with E-state index < -0.39 is 4.92 Å². The minimum atomic E-state index is -0.589. The Morgan fingerprint density at radius 2 is 2.41 bits per heavy atom. The quantitative estimate of drug-likeness (QED) is 0.316. The third kappa shape index (κ3) is 2.77. The maximum atomic E-state index is 10.9. The number of hydrogen-bond donors (Lipinski definition) is 2. The van der Waals surface area contributed by atoms with Crippen molar-refractivity contribution < 1.29 is 9.72 Å². The van der Waals surface area contributed by atoms with Crippen molar-refractivity contribution in [3.63, 3.8) is 0 Å². The van der Waals surface area contributed by atoms with Gasteiger partial charge >= 0.3 is 5.82 Å². The first-order valence-electron chi connectivity index (χ1n) is 4.75. The van der Waals surface area contributed by atoms with Gasteiger partial charge in [-0.2, -0.15) is 0 Å². The molecule has 92 valence electrons. The van der Waals surface area contributed by atoms with Gasteiger partial charge in [-0.1, -0.05) is 6.92 Å². The maximum Gasteiger partial charge on any atom is 0.343 e. The number of rotatable bonds is 4. The molecule has 1 aromatic rings. The summed E-state index contributed by atoms with van der Waals surface area (Å²) in [5, 5.41) is 14.2. The van der Waals surface area contributed by atoms with Crippen LogP contribution in [0.2, 0.25) is 0 Å². The van der Waals surface area contributed by atoms with Crippen LogP contribution in [-0.2, 0) is 11.8 Å². The zero-order valence-electron chi connectivity index (χ0n) is 9.38. The van der Waals surface area contributed by atoms with Gasteiger partial charge in [-0.05, 0) is 4.92 Å². The Labute approximate surface area is 96.5 Å². The molecule has 9 nitrogen and oxygen atoms in total. The fraction of sp³-hybridized carbons (Fsp3) is 0.375. The van der Waals surface area contributed by atoms with Gasteiger partial charge in [-0.25, -0.2) is 15.0 Å². The van der Waals surface area contributed by atoms with Gasteiger partial charge in [0, 0.05) is 6.42 Å². The Kier molecular flexibility index (Phi) is 3.75. The molecule has 0 aliphatic rings. The lowest BCUT2D eigenvalue weighted by Crippen LogP contribution is -2.25. The van der Waals surface area contributed by atoms with E-state index in [-0.39, 0.29) is 29.8 Å². The molecule has 9 heteroatoms. The van der Waals surface area contributed by atoms with Crippen LogP contribution in [0.3, 0.4) is 0 Å². The molecule has 1 amide bonds. The summed E-state index contributed by atoms with van der Waals surface area (Å²) in [7, 11) is 1.44. The molecule has 1 heterocycles. The van der Waals surface area contributed by atoms with E-state index in [4.69, 9.17) is 5.73 Å². The highest BCUT2D eigenvalue weighted by atomic mass is 16.6. The van der Waals surface area contributed by atoms with Crippen LogP contribution in [0.5, 0.6) is 0 Å². The van der Waals surface area contributed by atoms with Crippen LogP contribution < -0.4 is 11.2 Å². The Hall–Kier alpha value is -2.45. The zero-order valence-corrected chi connectivity index (χ0v) is 9.38. The number of nitrogens with two attached hydrogens (primary N) is 1. The zero-order chi connectivity index (χ0) is 13.0. The van der Waals surface area contributed by atoms with Gasteiger partial charge in [0.05, 0.1) is 7.05 Å². The van der Waals surface area contributed by atoms with E-state index >= 15 is 0 Å². The lowest BCUT2D eigenvalue weighted by Gasteiger charge is -1.99. The Bertz CT molecular complexity index is 478. The van der Waals surface area contributed by atoms with Crippen LogP contribution in [0, 0.1) is 10.1 Å². The molecule has 3 N–H and O–H groups in total. The van der Waals surface area contributed by atoms with Crippen molar-refractivity contribution in [2.24, 2.45) is 17.9 Å². The summed E-state index contributed by atoms with van der Waals surface area (Å²) in [6, 6.07) is 0. The number of aromatic nitrogens is 2. The molecule has 1 rings (SSSR count). The Balaban J connectivity index is 2.93. The van der Waals surface area contributed by atoms with Gasteiger partial charge in [0.15, 0.2) is 0 Å². The molecule has 0 spiro atoms. The molecule has 0 radical (unpaired) electrons. The number of carbonyl (C=O) groups is 1. The molecule has 0 atom stereocenters. The van der Waals surface area contributed by atoms with Crippen molar-refractivity contribution in [1.82, 2.24) is 15.0 Å². The fourth-order valence-corrected chi connectivity index (χ4v) is 1.06. The largest absolute Gasteiger partial charge is 0.377 e. The molecule has 1 aromatic heterocycles. The van der Waals surface area contributed by atoms with Crippen molar-refractivity contribution >= 4 is 17.6 Å². The third-order valence-corrected chi connectivity index (χ3v) is 2.00. The van der Waals surface area contributed by atoms with Crippen LogP contribution in [0.4, 0.5) is 5.82 Å². The van der Waals surface area contributed by atoms with Crippen molar-refractivity contribution in [3.8, 4) is 0 Å². The summed E-state index contributed by atoms with van der Waals surface area (Å²) in [6.45, 7) is 1.66. The van der Waals surface area contributed by atoms with Gasteiger partial charge in [-0.3, -0.25) is 4.79 Å². The van der Waals surface area contributed by atoms with Gasteiger partial charge in [0.25, 0.3) is 5.82 Å². The predicted molar refractivity (Wildman–Crippen MR) is 59.0 cm³/mol. The van der Waals surface area contributed by atoms with E-state index in [2.05, 4.69) is 15.5 Å². The first-order valence-corrected chi connectivity index (χ1v) is 4.75. The van der Waals surface area contributed by atoms with Crippen molar-refractivity contribution in [2.45, 2.75) is 13.3 Å². The number of amidine groups is 1. The van der Waals surface area contributed by atoms with Crippen LogP contribution >= 0.6 is 0 Å². The summed E-state index contributed by atoms with van der Waals surface area (Å²) < 4.78 is 1.18. The smallest absolute Gasteiger partial charge is 0.343 e. The normalized spacial score (nSPS) is 11.3. The van der Waals surface area contributed by atoms with Crippen molar-refractivity contribution in [3.05, 3.63) is 22.1 Å². The molecule has 0 saturated carbocycles. The summed E-state index contributed by atoms with van der Waals surface area (Å²) in [5.41, 5.74) is 7.74. The fourth-order valence-electron chi connectivity index (χ4n) is 1.06. The van der Waals surface area contributed by atoms with Crippen LogP contribution in [0.25, 0.3) is 0 Å². The van der Waals surface area contributed by atoms with Crippen LogP contribution in [0.1, 0.15) is 19.2 Å². The monoisotopic (exact) mass is 240 g/mol. The van der Waals surface area contributed by atoms with Gasteiger partial charge in [-0.15, -0.1) is 5.10 Å². The van der Waals surface area contributed by atoms with E-state index in [9.17, 15) is 14.9 Å². The number of nitrogens with one attached hydrogen (secondary N) is 1. The molecule has 0 aliphatic heterocycles. The standard InChI is InChI=1S/C8H12N6O3/c1-3-5(15)11-12-7(9)8-10-4-6(13(8)2)14(16)17/h4H,3H2,1-2H3,(H2,9,12)(H,11,15). The molecular formula is C8H12N6O3. The molecule has 0 saturated heterocycles. The maximum absolute atomic E-state index is 10.9. The Morgan fingerprint density at radius 1 is 1.76 bits per heavy atom. The Morgan fingerprint density at radius 3 is 2.88 bits per heavy atom. The molecule has 0 aliphatic carbocycles. The number of nitro groups is 1. The molecule has 0 fully saturated rings. The highest BCUT2D eigenvalue weighted by Gasteiger charge is 2.19. The summed E-state index contributed by atoms with van der Waals surface area (Å²) >= 11 is 0. The van der Waals surface area contributed by atoms with Gasteiger partial charge < -0.3 is 15.8 Å². The predicted octanol–water partition coefficient (Wildman–Crippen LogP) is -0.525. The van der Waals surface area contributed by atoms with E-state index in [1.165, 1.54) is 11.6 Å². The summed E-state index contributed by atoms with van der Waals surface area (Å²) in [5.74, 6) is -0.493. The molecule has 0 bridgehead atoms. The average molecular weight is 240 g/mol. The van der Waals surface area contributed by atoms with Gasteiger partial charge in [0.2, 0.25) is 11.7 Å². The SMILES string of the molecule is CCC(=O)N/N=C(\N)c1ncc([N+](=O)[O-])n1C. The highest BCUT2D eigenvalue weighted by Crippen LogP contribution is 2.10. The van der Waals surface area contributed by atoms with E-state index in [1.807, 2.05) is 0 Å². The highest BCUT2D eigenvalue weighted by molar-refractivity contribution is 5.95. The average Bonchev–Trinajstić information content (AvgIpc) is 2.67. The van der Waals surface area contributed by atoms with E-state index in [0.29, 0.717) is 0 Å². The summed E-state index contributed by atoms with van der Waals surface area (Å²) in [4.78, 5) is 24.7. The lowest BCUT2D eigenvalue weighted by molar-refractivity contribution is -0.391.